The maximum Gasteiger partial charge on any atom is 0.309 e. The second-order valence-electron chi connectivity index (χ2n) is 7.48. The number of hydrogen-bond donors (Lipinski definition) is 0. The number of benzene rings is 1. The third-order valence-corrected chi connectivity index (χ3v) is 5.63. The van der Waals surface area contributed by atoms with E-state index < -0.39 is 5.79 Å². The molecule has 3 rings (SSSR count). The van der Waals surface area contributed by atoms with Crippen molar-refractivity contribution in [3.05, 3.63) is 48.0 Å². The van der Waals surface area contributed by atoms with E-state index in [4.69, 9.17) is 18.9 Å². The highest BCUT2D eigenvalue weighted by atomic mass is 16.8. The van der Waals surface area contributed by atoms with Crippen LogP contribution in [0.4, 0.5) is 0 Å². The van der Waals surface area contributed by atoms with Gasteiger partial charge in [-0.2, -0.15) is 0 Å². The van der Waals surface area contributed by atoms with Gasteiger partial charge < -0.3 is 23.7 Å². The Bertz CT molecular complexity index is 669. The van der Waals surface area contributed by atoms with Crippen molar-refractivity contribution in [1.29, 1.82) is 0 Å². The van der Waals surface area contributed by atoms with Gasteiger partial charge in [-0.25, -0.2) is 0 Å². The van der Waals surface area contributed by atoms with E-state index in [0.29, 0.717) is 19.6 Å². The van der Waals surface area contributed by atoms with Crippen LogP contribution in [0.3, 0.4) is 0 Å². The maximum atomic E-state index is 11.3. The van der Waals surface area contributed by atoms with Crippen LogP contribution >= 0.6 is 0 Å². The minimum Gasteiger partial charge on any atom is -0.469 e. The van der Waals surface area contributed by atoms with Crippen molar-refractivity contribution in [2.45, 2.75) is 76.3 Å². The normalized spacial score (nSPS) is 28.0. The zero-order chi connectivity index (χ0) is 20.7. The first-order valence-electron chi connectivity index (χ1n) is 10.5. The number of fused-ring (bicyclic) bond motifs is 1. The molecular formula is C23H32O6. The van der Waals surface area contributed by atoms with Crippen LogP contribution in [0.15, 0.2) is 42.5 Å². The molecule has 6 nitrogen and oxygen atoms in total. The number of hydrogen-bond acceptors (Lipinski definition) is 6. The Hall–Kier alpha value is -1.73. The first-order chi connectivity index (χ1) is 14.1. The van der Waals surface area contributed by atoms with Crippen molar-refractivity contribution >= 4 is 5.97 Å². The van der Waals surface area contributed by atoms with Crippen molar-refractivity contribution < 1.29 is 28.5 Å². The van der Waals surface area contributed by atoms with Crippen LogP contribution in [0.1, 0.15) is 45.1 Å². The molecule has 1 aromatic carbocycles. The zero-order valence-corrected chi connectivity index (χ0v) is 17.5. The lowest BCUT2D eigenvalue weighted by Crippen LogP contribution is -2.35. The number of ether oxygens (including phenoxy) is 5. The monoisotopic (exact) mass is 404 g/mol. The standard InChI is InChI=1S/C23H32O6/c1-4-23(5-2)28-21-18(13-9-10-14-20(24)25-3)27-19(22(21)29-23)16-26-15-17-11-7-6-8-12-17/h6-12,18-19,21-22H,4-5,13-16H2,1-3H3/b10-9+/t18-,19+,21-,22+/m0/s1. The minimum atomic E-state index is -0.551. The summed E-state index contributed by atoms with van der Waals surface area (Å²) in [6.07, 6.45) is 5.67. The third kappa shape index (κ3) is 5.45. The fourth-order valence-electron chi connectivity index (χ4n) is 3.88. The van der Waals surface area contributed by atoms with Crippen molar-refractivity contribution in [2.75, 3.05) is 13.7 Å². The van der Waals surface area contributed by atoms with Crippen LogP contribution in [0.5, 0.6) is 0 Å². The molecular weight excluding hydrogens is 372 g/mol. The lowest BCUT2D eigenvalue weighted by molar-refractivity contribution is -0.215. The second kappa shape index (κ2) is 10.3. The van der Waals surface area contributed by atoms with E-state index in [1.165, 1.54) is 7.11 Å². The molecule has 2 fully saturated rings. The fraction of sp³-hybridized carbons (Fsp3) is 0.609. The lowest BCUT2D eigenvalue weighted by Gasteiger charge is -2.29. The molecule has 0 spiro atoms. The van der Waals surface area contributed by atoms with Gasteiger partial charge in [0.15, 0.2) is 5.79 Å². The molecule has 0 bridgehead atoms. The molecule has 2 aliphatic heterocycles. The average molecular weight is 405 g/mol. The van der Waals surface area contributed by atoms with Gasteiger partial charge in [-0.05, 0) is 24.8 Å². The SMILES string of the molecule is CCC1(CC)O[C@@H]2[C@H](O1)[C@@H](COCc1ccccc1)O[C@H]2C/C=C/CC(=O)OC. The molecule has 0 aromatic heterocycles. The van der Waals surface area contributed by atoms with E-state index in [9.17, 15) is 4.79 Å². The van der Waals surface area contributed by atoms with Gasteiger partial charge >= 0.3 is 5.97 Å². The summed E-state index contributed by atoms with van der Waals surface area (Å²) in [7, 11) is 1.39. The van der Waals surface area contributed by atoms with Gasteiger partial charge in [0.1, 0.15) is 18.3 Å². The summed E-state index contributed by atoms with van der Waals surface area (Å²) in [6, 6.07) is 10.1. The molecule has 4 atom stereocenters. The van der Waals surface area contributed by atoms with E-state index in [0.717, 1.165) is 18.4 Å². The predicted octanol–water partition coefficient (Wildman–Crippen LogP) is 3.78. The molecule has 29 heavy (non-hydrogen) atoms. The summed E-state index contributed by atoms with van der Waals surface area (Å²) in [5, 5.41) is 0. The van der Waals surface area contributed by atoms with Gasteiger partial charge in [-0.1, -0.05) is 56.3 Å². The maximum absolute atomic E-state index is 11.3. The van der Waals surface area contributed by atoms with E-state index in [2.05, 4.69) is 18.6 Å². The largest absolute Gasteiger partial charge is 0.469 e. The summed E-state index contributed by atoms with van der Waals surface area (Å²) in [5.74, 6) is -0.805. The first-order valence-corrected chi connectivity index (χ1v) is 10.5. The first kappa shape index (κ1) is 22.0. The lowest BCUT2D eigenvalue weighted by atomic mass is 10.1. The molecule has 2 saturated heterocycles. The minimum absolute atomic E-state index is 0.126. The Labute approximate surface area is 173 Å². The molecule has 2 aliphatic rings. The molecule has 0 N–H and O–H groups in total. The van der Waals surface area contributed by atoms with E-state index in [-0.39, 0.29) is 36.8 Å². The van der Waals surface area contributed by atoms with Crippen molar-refractivity contribution in [3.8, 4) is 0 Å². The quantitative estimate of drug-likeness (QED) is 0.437. The Kier molecular flexibility index (Phi) is 7.84. The summed E-state index contributed by atoms with van der Waals surface area (Å²) in [5.41, 5.74) is 1.13. The number of esters is 1. The molecule has 1 aromatic rings. The van der Waals surface area contributed by atoms with Gasteiger partial charge in [0.05, 0.1) is 32.8 Å². The number of carbonyl (C=O) groups is 1. The van der Waals surface area contributed by atoms with Gasteiger partial charge in [-0.3, -0.25) is 4.79 Å². The van der Waals surface area contributed by atoms with E-state index in [1.807, 2.05) is 42.5 Å². The van der Waals surface area contributed by atoms with Crippen molar-refractivity contribution in [2.24, 2.45) is 0 Å². The van der Waals surface area contributed by atoms with Crippen LogP contribution in [0.2, 0.25) is 0 Å². The second-order valence-corrected chi connectivity index (χ2v) is 7.48. The van der Waals surface area contributed by atoms with Gasteiger partial charge in [0.2, 0.25) is 0 Å². The highest BCUT2D eigenvalue weighted by Gasteiger charge is 2.56. The molecule has 0 amide bonds. The highest BCUT2D eigenvalue weighted by Crippen LogP contribution is 2.43. The number of methoxy groups -OCH3 is 1. The van der Waals surface area contributed by atoms with E-state index >= 15 is 0 Å². The molecule has 2 heterocycles. The van der Waals surface area contributed by atoms with Crippen LogP contribution < -0.4 is 0 Å². The molecule has 6 heteroatoms. The smallest absolute Gasteiger partial charge is 0.309 e. The Morgan fingerprint density at radius 3 is 2.41 bits per heavy atom. The summed E-state index contributed by atoms with van der Waals surface area (Å²) in [6.45, 7) is 5.15. The van der Waals surface area contributed by atoms with Gasteiger partial charge in [0, 0.05) is 0 Å². The zero-order valence-electron chi connectivity index (χ0n) is 17.5. The predicted molar refractivity (Wildman–Crippen MR) is 108 cm³/mol. The topological polar surface area (TPSA) is 63.2 Å². The number of carbonyl (C=O) groups excluding carboxylic acids is 1. The average Bonchev–Trinajstić information content (AvgIpc) is 3.29. The highest BCUT2D eigenvalue weighted by molar-refractivity contribution is 5.70. The molecule has 0 aliphatic carbocycles. The molecule has 0 radical (unpaired) electrons. The van der Waals surface area contributed by atoms with Crippen LogP contribution in [-0.4, -0.2) is 49.9 Å². The summed E-state index contributed by atoms with van der Waals surface area (Å²) in [4.78, 5) is 11.3. The fourth-order valence-corrected chi connectivity index (χ4v) is 3.88. The van der Waals surface area contributed by atoms with Crippen LogP contribution in [-0.2, 0) is 35.1 Å². The third-order valence-electron chi connectivity index (χ3n) is 5.63. The number of rotatable bonds is 10. The Balaban J connectivity index is 1.60. The molecule has 0 saturated carbocycles. The molecule has 0 unspecified atom stereocenters. The van der Waals surface area contributed by atoms with Crippen molar-refractivity contribution in [3.63, 3.8) is 0 Å². The Morgan fingerprint density at radius 1 is 1.07 bits per heavy atom. The van der Waals surface area contributed by atoms with Crippen LogP contribution in [0, 0.1) is 0 Å². The van der Waals surface area contributed by atoms with E-state index in [1.54, 1.807) is 0 Å². The van der Waals surface area contributed by atoms with Crippen LogP contribution in [0.25, 0.3) is 0 Å². The van der Waals surface area contributed by atoms with Gasteiger partial charge in [0.25, 0.3) is 0 Å². The summed E-state index contributed by atoms with van der Waals surface area (Å²) < 4.78 is 29.5. The van der Waals surface area contributed by atoms with Gasteiger partial charge in [-0.15, -0.1) is 0 Å². The van der Waals surface area contributed by atoms with Crippen molar-refractivity contribution in [1.82, 2.24) is 0 Å². The Morgan fingerprint density at radius 2 is 1.76 bits per heavy atom. The summed E-state index contributed by atoms with van der Waals surface area (Å²) >= 11 is 0. The molecule has 160 valence electrons.